The van der Waals surface area contributed by atoms with Gasteiger partial charge in [0.05, 0.1) is 6.85 Å². The van der Waals surface area contributed by atoms with Crippen LogP contribution in [0.1, 0.15) is 59.5 Å². The Kier molecular flexibility index (Phi) is 5.81. The van der Waals surface area contributed by atoms with Crippen molar-refractivity contribution in [1.29, 1.82) is 0 Å². The molecule has 0 aliphatic carbocycles. The van der Waals surface area contributed by atoms with E-state index in [4.69, 9.17) is 6.85 Å². The van der Waals surface area contributed by atoms with Gasteiger partial charge in [0.2, 0.25) is 0 Å². The lowest BCUT2D eigenvalue weighted by Gasteiger charge is -2.27. The molecule has 0 heteroatoms. The van der Waals surface area contributed by atoms with E-state index in [1.54, 1.807) is 0 Å². The highest BCUT2D eigenvalue weighted by molar-refractivity contribution is 6.27. The third kappa shape index (κ3) is 4.99. The average molecular weight is 624 g/mol. The smallest absolute Gasteiger partial charge is 0.0622 e. The number of fused-ring (bicyclic) bond motifs is 5. The van der Waals surface area contributed by atoms with Crippen LogP contribution < -0.4 is 0 Å². The predicted molar refractivity (Wildman–Crippen MR) is 210 cm³/mol. The van der Waals surface area contributed by atoms with Crippen molar-refractivity contribution in [3.63, 3.8) is 0 Å². The van der Waals surface area contributed by atoms with Crippen molar-refractivity contribution >= 4 is 43.1 Å². The molecule has 0 atom stereocenters. The molecular weight excluding hydrogens is 577 g/mol. The quantitative estimate of drug-likeness (QED) is 0.136. The van der Waals surface area contributed by atoms with Gasteiger partial charge in [0.25, 0.3) is 0 Å². The fraction of sp³-hybridized carbons (Fsp3) is 0.167. The summed E-state index contributed by atoms with van der Waals surface area (Å²) in [4.78, 5) is 0. The highest BCUT2D eigenvalue weighted by Gasteiger charge is 2.24. The largest absolute Gasteiger partial charge is 0.0629 e. The molecule has 0 aliphatic rings. The fourth-order valence-corrected chi connectivity index (χ4v) is 7.32. The number of hydrogen-bond acceptors (Lipinski definition) is 0. The van der Waals surface area contributed by atoms with Crippen molar-refractivity contribution in [2.24, 2.45) is 0 Å². The first-order valence-corrected chi connectivity index (χ1v) is 16.8. The zero-order valence-corrected chi connectivity index (χ0v) is 28.5. The van der Waals surface area contributed by atoms with Gasteiger partial charge in [-0.25, -0.2) is 0 Å². The van der Waals surface area contributed by atoms with Crippen LogP contribution in [-0.4, -0.2) is 0 Å². The second-order valence-electron chi connectivity index (χ2n) is 15.0. The topological polar surface area (TPSA) is 0 Å². The van der Waals surface area contributed by atoms with Gasteiger partial charge < -0.3 is 0 Å². The maximum atomic E-state index is 8.93. The van der Waals surface area contributed by atoms with Gasteiger partial charge in [-0.2, -0.15) is 0 Å². The Hall–Kier alpha value is -5.20. The summed E-state index contributed by atoms with van der Waals surface area (Å²) in [6.45, 7) is 13.7. The summed E-state index contributed by atoms with van der Waals surface area (Å²) in [6, 6.07) is 39.4. The molecular formula is C48H42. The lowest BCUT2D eigenvalue weighted by molar-refractivity contribution is 0.569. The van der Waals surface area contributed by atoms with E-state index in [0.29, 0.717) is 5.56 Å². The molecule has 0 radical (unpaired) electrons. The highest BCUT2D eigenvalue weighted by atomic mass is 14.3. The molecule has 0 aliphatic heterocycles. The molecule has 0 aromatic heterocycles. The van der Waals surface area contributed by atoms with Crippen LogP contribution in [0.3, 0.4) is 0 Å². The molecule has 234 valence electrons. The van der Waals surface area contributed by atoms with Crippen LogP contribution in [0.15, 0.2) is 145 Å². The van der Waals surface area contributed by atoms with E-state index in [0.717, 1.165) is 54.2 Å². The van der Waals surface area contributed by atoms with Crippen molar-refractivity contribution in [3.8, 4) is 33.4 Å². The van der Waals surface area contributed by atoms with Gasteiger partial charge in [0.15, 0.2) is 0 Å². The summed E-state index contributed by atoms with van der Waals surface area (Å²) in [5.74, 6) is 0. The minimum absolute atomic E-state index is 0.0381. The Morgan fingerprint density at radius 2 is 0.917 bits per heavy atom. The van der Waals surface area contributed by atoms with E-state index >= 15 is 0 Å². The molecule has 0 saturated carbocycles. The van der Waals surface area contributed by atoms with Gasteiger partial charge in [-0.05, 0) is 104 Å². The van der Waals surface area contributed by atoms with Gasteiger partial charge in [-0.15, -0.1) is 0 Å². The van der Waals surface area contributed by atoms with E-state index in [9.17, 15) is 0 Å². The molecule has 0 amide bonds. The van der Waals surface area contributed by atoms with Gasteiger partial charge in [-0.1, -0.05) is 181 Å². The minimum Gasteiger partial charge on any atom is -0.0622 e. The van der Waals surface area contributed by atoms with Crippen LogP contribution in [0.25, 0.3) is 76.5 Å². The van der Waals surface area contributed by atoms with E-state index in [-0.39, 0.29) is 40.6 Å². The number of hydrogen-bond donors (Lipinski definition) is 0. The summed E-state index contributed by atoms with van der Waals surface area (Å²) in [6.07, 6.45) is 0. The zero-order valence-electron chi connectivity index (χ0n) is 33.5. The van der Waals surface area contributed by atoms with Gasteiger partial charge in [0, 0.05) is 0 Å². The molecule has 8 rings (SSSR count). The van der Waals surface area contributed by atoms with Gasteiger partial charge in [0.1, 0.15) is 0 Å². The zero-order chi connectivity index (χ0) is 37.6. The Labute approximate surface area is 291 Å². The lowest BCUT2D eigenvalue weighted by Crippen LogP contribution is -2.16. The van der Waals surface area contributed by atoms with Crippen molar-refractivity contribution < 1.29 is 6.85 Å². The minimum atomic E-state index is -0.393. The van der Waals surface area contributed by atoms with Crippen molar-refractivity contribution in [2.75, 3.05) is 0 Å². The van der Waals surface area contributed by atoms with Gasteiger partial charge in [-0.3, -0.25) is 0 Å². The first kappa shape index (κ1) is 24.9. The number of rotatable bonds is 3. The van der Waals surface area contributed by atoms with E-state index in [1.165, 1.54) is 22.3 Å². The van der Waals surface area contributed by atoms with E-state index in [1.807, 2.05) is 24.3 Å². The molecule has 8 aromatic carbocycles. The standard InChI is InChI=1S/C48H42/c1-47(2,3)34-27-33(28-35(30-34)48(4,5)6)44-38-21-12-14-23-40(38)46(41-24-15-13-22-39(41)44)43-29-32-19-10-11-20-37(32)45-36(25-16-26-42(43)45)31-17-8-7-9-18-31/h7-30H,1-6H3/i7D,8D,9D,17D,18D. The monoisotopic (exact) mass is 623 g/mol. The molecule has 48 heavy (non-hydrogen) atoms. The first-order chi connectivity index (χ1) is 25.2. The average Bonchev–Trinajstić information content (AvgIpc) is 3.14. The SMILES string of the molecule is [2H]c1c([2H])c([2H])c(-c2cccc3c(-c4c5ccccc5c(-c5cc(C(C)(C)C)cc(C(C)(C)C)c5)c5ccccc45)cc4ccccc4c23)c([2H])c1[2H]. The predicted octanol–water partition coefficient (Wildman–Crippen LogP) is 13.9. The number of benzene rings is 8. The van der Waals surface area contributed by atoms with Crippen LogP contribution in [0.5, 0.6) is 0 Å². The van der Waals surface area contributed by atoms with E-state index in [2.05, 4.69) is 133 Å². The molecule has 0 bridgehead atoms. The van der Waals surface area contributed by atoms with Crippen LogP contribution in [0.2, 0.25) is 0 Å². The molecule has 0 spiro atoms. The van der Waals surface area contributed by atoms with Crippen LogP contribution in [0, 0.1) is 0 Å². The maximum absolute atomic E-state index is 8.93. The first-order valence-electron chi connectivity index (χ1n) is 19.3. The van der Waals surface area contributed by atoms with Crippen LogP contribution in [0.4, 0.5) is 0 Å². The second-order valence-corrected chi connectivity index (χ2v) is 15.0. The molecule has 0 saturated heterocycles. The normalized spacial score (nSPS) is 13.8. The molecule has 0 heterocycles. The summed E-state index contributed by atoms with van der Waals surface area (Å²) in [5, 5.41) is 8.39. The summed E-state index contributed by atoms with van der Waals surface area (Å²) in [7, 11) is 0. The second kappa shape index (κ2) is 11.2. The Morgan fingerprint density at radius 3 is 1.48 bits per heavy atom. The Bertz CT molecular complexity index is 2680. The van der Waals surface area contributed by atoms with Crippen LogP contribution in [-0.2, 0) is 10.8 Å². The molecule has 0 unspecified atom stereocenters. The fourth-order valence-electron chi connectivity index (χ4n) is 7.32. The molecule has 0 N–H and O–H groups in total. The maximum Gasteiger partial charge on any atom is 0.0629 e. The van der Waals surface area contributed by atoms with Crippen molar-refractivity contribution in [3.05, 3.63) is 157 Å². The highest BCUT2D eigenvalue weighted by Crippen LogP contribution is 2.48. The van der Waals surface area contributed by atoms with Crippen LogP contribution >= 0.6 is 0 Å². The third-order valence-electron chi connectivity index (χ3n) is 9.81. The third-order valence-corrected chi connectivity index (χ3v) is 9.81. The molecule has 8 aromatic rings. The van der Waals surface area contributed by atoms with Gasteiger partial charge >= 0.3 is 0 Å². The Balaban J connectivity index is 1.54. The van der Waals surface area contributed by atoms with Crippen molar-refractivity contribution in [2.45, 2.75) is 52.4 Å². The Morgan fingerprint density at radius 1 is 0.417 bits per heavy atom. The molecule has 0 fully saturated rings. The lowest BCUT2D eigenvalue weighted by atomic mass is 9.77. The summed E-state index contributed by atoms with van der Waals surface area (Å²) in [5.41, 5.74) is 7.92. The summed E-state index contributed by atoms with van der Waals surface area (Å²) < 4.78 is 43.1. The van der Waals surface area contributed by atoms with Crippen molar-refractivity contribution in [1.82, 2.24) is 0 Å². The summed E-state index contributed by atoms with van der Waals surface area (Å²) >= 11 is 0. The van der Waals surface area contributed by atoms with E-state index < -0.39 is 6.04 Å². The molecule has 0 nitrogen and oxygen atoms in total.